The molecule has 2 rings (SSSR count). The lowest BCUT2D eigenvalue weighted by molar-refractivity contribution is -0.157. The third-order valence-corrected chi connectivity index (χ3v) is 5.72. The number of urea groups is 1. The minimum atomic E-state index is -0.757. The fraction of sp³-hybridized carbons (Fsp3) is 0.400. The van der Waals surface area contributed by atoms with Crippen LogP contribution < -0.4 is 22.1 Å². The van der Waals surface area contributed by atoms with Gasteiger partial charge >= 0.3 is 12.0 Å². The van der Waals surface area contributed by atoms with Gasteiger partial charge in [0.1, 0.15) is 16.6 Å². The normalized spacial score (nSPS) is 12.6. The summed E-state index contributed by atoms with van der Waals surface area (Å²) in [6.07, 6.45) is 4.61. The molecule has 0 aliphatic carbocycles. The standard InChI is InChI=1S/C25H34N4O4S/c1-15(2)13-19(23(31)33-25(3,4)5)28-12-6-7-16-8-10-17(11-9-16)20-14-18(21(26)30)22(34-20)29-24(27)32/h6-11,14-15,19,28H,12-13H2,1-5H3,(H2,26,30)(H3,27,29,32)/t19-/m0/s1. The van der Waals surface area contributed by atoms with Crippen LogP contribution >= 0.6 is 11.3 Å². The maximum absolute atomic E-state index is 12.5. The van der Waals surface area contributed by atoms with Gasteiger partial charge in [0.25, 0.3) is 5.91 Å². The maximum Gasteiger partial charge on any atom is 0.323 e. The summed E-state index contributed by atoms with van der Waals surface area (Å²) in [4.78, 5) is 36.1. The zero-order chi connectivity index (χ0) is 25.5. The van der Waals surface area contributed by atoms with Crippen molar-refractivity contribution in [3.8, 4) is 10.4 Å². The first-order valence-electron chi connectivity index (χ1n) is 11.1. The summed E-state index contributed by atoms with van der Waals surface area (Å²) >= 11 is 1.23. The smallest absolute Gasteiger partial charge is 0.323 e. The highest BCUT2D eigenvalue weighted by atomic mass is 32.1. The van der Waals surface area contributed by atoms with Crippen molar-refractivity contribution in [2.24, 2.45) is 17.4 Å². The van der Waals surface area contributed by atoms with Crippen molar-refractivity contribution < 1.29 is 19.1 Å². The van der Waals surface area contributed by atoms with Crippen molar-refractivity contribution in [2.75, 3.05) is 11.9 Å². The third kappa shape index (κ3) is 8.64. The molecule has 1 heterocycles. The Labute approximate surface area is 204 Å². The molecular formula is C25H34N4O4S. The second-order valence-electron chi connectivity index (χ2n) is 9.36. The molecule has 0 aliphatic heterocycles. The molecule has 8 nitrogen and oxygen atoms in total. The van der Waals surface area contributed by atoms with Crippen molar-refractivity contribution in [2.45, 2.75) is 52.7 Å². The van der Waals surface area contributed by atoms with Crippen molar-refractivity contribution >= 4 is 40.3 Å². The van der Waals surface area contributed by atoms with Crippen LogP contribution in [0.1, 0.15) is 57.0 Å². The van der Waals surface area contributed by atoms with Crippen LogP contribution in [0, 0.1) is 5.92 Å². The predicted octanol–water partition coefficient (Wildman–Crippen LogP) is 4.36. The van der Waals surface area contributed by atoms with Gasteiger partial charge in [-0.25, -0.2) is 4.79 Å². The van der Waals surface area contributed by atoms with E-state index in [1.54, 1.807) is 6.07 Å². The molecule has 6 N–H and O–H groups in total. The zero-order valence-corrected chi connectivity index (χ0v) is 21.1. The van der Waals surface area contributed by atoms with E-state index >= 15 is 0 Å². The number of carbonyl (C=O) groups is 3. The summed E-state index contributed by atoms with van der Waals surface area (Å²) in [5.74, 6) is -0.525. The van der Waals surface area contributed by atoms with Gasteiger partial charge in [-0.2, -0.15) is 0 Å². The third-order valence-electron chi connectivity index (χ3n) is 4.62. The number of nitrogens with two attached hydrogens (primary N) is 2. The summed E-state index contributed by atoms with van der Waals surface area (Å²) in [5, 5.41) is 6.03. The molecule has 0 aliphatic rings. The van der Waals surface area contributed by atoms with Gasteiger partial charge in [-0.3, -0.25) is 14.9 Å². The Hall–Kier alpha value is -3.17. The number of hydrogen-bond donors (Lipinski definition) is 4. The van der Waals surface area contributed by atoms with Crippen LogP contribution in [0.2, 0.25) is 0 Å². The number of nitrogens with one attached hydrogen (secondary N) is 2. The average Bonchev–Trinajstić information content (AvgIpc) is 3.12. The first-order valence-corrected chi connectivity index (χ1v) is 11.9. The van der Waals surface area contributed by atoms with E-state index in [4.69, 9.17) is 16.2 Å². The van der Waals surface area contributed by atoms with E-state index in [-0.39, 0.29) is 17.6 Å². The van der Waals surface area contributed by atoms with Crippen LogP contribution in [0.25, 0.3) is 16.5 Å². The highest BCUT2D eigenvalue weighted by Gasteiger charge is 2.25. The number of amides is 3. The summed E-state index contributed by atoms with van der Waals surface area (Å²) < 4.78 is 5.53. The Balaban J connectivity index is 2.04. The number of ether oxygens (including phenoxy) is 1. The van der Waals surface area contributed by atoms with Crippen LogP contribution in [0.4, 0.5) is 9.80 Å². The summed E-state index contributed by atoms with van der Waals surface area (Å²) in [5.41, 5.74) is 12.1. The second kappa shape index (κ2) is 11.8. The van der Waals surface area contributed by atoms with Crippen molar-refractivity contribution in [1.82, 2.24) is 5.32 Å². The Kier molecular flexibility index (Phi) is 9.40. The Morgan fingerprint density at radius 1 is 1.12 bits per heavy atom. The molecule has 0 bridgehead atoms. The average molecular weight is 487 g/mol. The van der Waals surface area contributed by atoms with Gasteiger partial charge in [0.15, 0.2) is 0 Å². The van der Waals surface area contributed by atoms with Crippen LogP contribution in [-0.2, 0) is 9.53 Å². The molecule has 0 spiro atoms. The number of benzene rings is 1. The molecule has 34 heavy (non-hydrogen) atoms. The molecular weight excluding hydrogens is 452 g/mol. The first-order chi connectivity index (χ1) is 15.9. The van der Waals surface area contributed by atoms with Gasteiger partial charge in [0.2, 0.25) is 0 Å². The van der Waals surface area contributed by atoms with E-state index in [0.29, 0.717) is 23.9 Å². The quantitative estimate of drug-likeness (QED) is 0.370. The van der Waals surface area contributed by atoms with Crippen molar-refractivity contribution in [3.05, 3.63) is 47.5 Å². The number of hydrogen-bond acceptors (Lipinski definition) is 6. The molecule has 3 amide bonds. The van der Waals surface area contributed by atoms with Crippen LogP contribution in [0.5, 0.6) is 0 Å². The Morgan fingerprint density at radius 3 is 2.29 bits per heavy atom. The van der Waals surface area contributed by atoms with Gasteiger partial charge in [-0.15, -0.1) is 11.3 Å². The molecule has 1 aromatic heterocycles. The molecule has 0 unspecified atom stereocenters. The van der Waals surface area contributed by atoms with Gasteiger partial charge < -0.3 is 21.5 Å². The predicted molar refractivity (Wildman–Crippen MR) is 138 cm³/mol. The van der Waals surface area contributed by atoms with Crippen molar-refractivity contribution in [3.63, 3.8) is 0 Å². The number of carbonyl (C=O) groups excluding carboxylic acids is 3. The van der Waals surface area contributed by atoms with E-state index in [0.717, 1.165) is 16.0 Å². The Bertz CT molecular complexity index is 1040. The van der Waals surface area contributed by atoms with Gasteiger partial charge in [0, 0.05) is 11.4 Å². The molecule has 0 saturated carbocycles. The Morgan fingerprint density at radius 2 is 1.76 bits per heavy atom. The molecule has 2 aromatic rings. The van der Waals surface area contributed by atoms with Crippen molar-refractivity contribution in [1.29, 1.82) is 0 Å². The molecule has 9 heteroatoms. The summed E-state index contributed by atoms with van der Waals surface area (Å²) in [7, 11) is 0. The van der Waals surface area contributed by atoms with Gasteiger partial charge in [-0.1, -0.05) is 50.3 Å². The molecule has 184 valence electrons. The highest BCUT2D eigenvalue weighted by Crippen LogP contribution is 2.35. The lowest BCUT2D eigenvalue weighted by atomic mass is 10.0. The fourth-order valence-corrected chi connectivity index (χ4v) is 4.26. The molecule has 0 radical (unpaired) electrons. The molecule has 0 fully saturated rings. The van der Waals surface area contributed by atoms with E-state index in [9.17, 15) is 14.4 Å². The van der Waals surface area contributed by atoms with E-state index in [2.05, 4.69) is 24.5 Å². The second-order valence-corrected chi connectivity index (χ2v) is 10.4. The molecule has 1 atom stereocenters. The number of thiophene rings is 1. The van der Waals surface area contributed by atoms with Crippen LogP contribution in [0.15, 0.2) is 36.4 Å². The topological polar surface area (TPSA) is 137 Å². The summed E-state index contributed by atoms with van der Waals surface area (Å²) in [6.45, 7) is 10.3. The lowest BCUT2D eigenvalue weighted by Gasteiger charge is -2.25. The summed E-state index contributed by atoms with van der Waals surface area (Å²) in [6, 6.07) is 8.23. The fourth-order valence-electron chi connectivity index (χ4n) is 3.19. The van der Waals surface area contributed by atoms with Gasteiger partial charge in [-0.05, 0) is 50.3 Å². The minimum absolute atomic E-state index is 0.217. The van der Waals surface area contributed by atoms with E-state index < -0.39 is 17.5 Å². The number of esters is 1. The first kappa shape index (κ1) is 27.1. The van der Waals surface area contributed by atoms with Crippen LogP contribution in [-0.4, -0.2) is 36.1 Å². The molecule has 0 saturated heterocycles. The van der Waals surface area contributed by atoms with Gasteiger partial charge in [0.05, 0.1) is 5.56 Å². The SMILES string of the molecule is CC(C)C[C@H](NCC=Cc1ccc(-c2cc(C(N)=O)c(NC(N)=O)s2)cc1)C(=O)OC(C)(C)C. The monoisotopic (exact) mass is 486 g/mol. The van der Waals surface area contributed by atoms with E-state index in [1.807, 2.05) is 57.2 Å². The zero-order valence-electron chi connectivity index (χ0n) is 20.3. The minimum Gasteiger partial charge on any atom is -0.459 e. The molecule has 1 aromatic carbocycles. The lowest BCUT2D eigenvalue weighted by Crippen LogP contribution is -2.42. The van der Waals surface area contributed by atoms with Crippen LogP contribution in [0.3, 0.4) is 0 Å². The largest absolute Gasteiger partial charge is 0.459 e. The number of primary amides is 2. The highest BCUT2D eigenvalue weighted by molar-refractivity contribution is 7.20. The maximum atomic E-state index is 12.5. The number of rotatable bonds is 10. The number of anilines is 1. The van der Waals surface area contributed by atoms with E-state index in [1.165, 1.54) is 11.3 Å².